The van der Waals surface area contributed by atoms with E-state index in [-0.39, 0.29) is 11.5 Å². The molecule has 120 valence electrons. The Hall–Kier alpha value is -2.37. The third-order valence-electron chi connectivity index (χ3n) is 4.08. The van der Waals surface area contributed by atoms with Crippen LogP contribution >= 0.6 is 0 Å². The summed E-state index contributed by atoms with van der Waals surface area (Å²) in [6.45, 7) is 1.70. The van der Waals surface area contributed by atoms with E-state index in [1.54, 1.807) is 6.92 Å². The summed E-state index contributed by atoms with van der Waals surface area (Å²) >= 11 is 0. The van der Waals surface area contributed by atoms with Crippen LogP contribution in [0, 0.1) is 23.4 Å². The highest BCUT2D eigenvalue weighted by Crippen LogP contribution is 2.49. The van der Waals surface area contributed by atoms with Crippen LogP contribution in [0.3, 0.4) is 0 Å². The largest absolute Gasteiger partial charge is 0.349 e. The Morgan fingerprint density at radius 1 is 1.26 bits per heavy atom. The topological polar surface area (TPSA) is 42.0 Å². The molecule has 23 heavy (non-hydrogen) atoms. The van der Waals surface area contributed by atoms with Crippen molar-refractivity contribution >= 4 is 5.91 Å². The maximum absolute atomic E-state index is 13.7. The third-order valence-corrected chi connectivity index (χ3v) is 4.08. The van der Waals surface area contributed by atoms with Crippen molar-refractivity contribution in [1.29, 1.82) is 0 Å². The predicted molar refractivity (Wildman–Crippen MR) is 78.0 cm³/mol. The molecule has 2 aromatic rings. The Balaban J connectivity index is 1.67. The summed E-state index contributed by atoms with van der Waals surface area (Å²) in [5.41, 5.74) is 0.500. The number of carbonyl (C=O) groups excluding carboxylic acids is 1. The molecule has 3 nitrogen and oxygen atoms in total. The van der Waals surface area contributed by atoms with E-state index in [1.807, 2.05) is 0 Å². The number of pyridine rings is 1. The van der Waals surface area contributed by atoms with Gasteiger partial charge in [0.2, 0.25) is 5.91 Å². The Kier molecular flexibility index (Phi) is 4.07. The van der Waals surface area contributed by atoms with Crippen LogP contribution in [0.5, 0.6) is 0 Å². The van der Waals surface area contributed by atoms with Crippen molar-refractivity contribution < 1.29 is 18.0 Å². The highest BCUT2D eigenvalue weighted by atomic mass is 19.1. The van der Waals surface area contributed by atoms with Crippen molar-refractivity contribution in [3.63, 3.8) is 0 Å². The maximum atomic E-state index is 13.7. The third kappa shape index (κ3) is 3.21. The van der Waals surface area contributed by atoms with Crippen LogP contribution in [0.15, 0.2) is 36.7 Å². The second-order valence-corrected chi connectivity index (χ2v) is 5.75. The summed E-state index contributed by atoms with van der Waals surface area (Å²) in [6.07, 6.45) is 2.95. The van der Waals surface area contributed by atoms with Crippen LogP contribution in [-0.2, 0) is 4.79 Å². The molecule has 1 saturated carbocycles. The summed E-state index contributed by atoms with van der Waals surface area (Å²) < 4.78 is 40.6. The molecule has 1 aliphatic rings. The van der Waals surface area contributed by atoms with Crippen molar-refractivity contribution in [3.8, 4) is 0 Å². The van der Waals surface area contributed by atoms with E-state index in [0.29, 0.717) is 12.0 Å². The van der Waals surface area contributed by atoms with Gasteiger partial charge in [-0.3, -0.25) is 9.78 Å². The number of rotatable bonds is 4. The molecule has 1 fully saturated rings. The van der Waals surface area contributed by atoms with E-state index in [2.05, 4.69) is 10.3 Å². The SMILES string of the molecule is C[C@H](NC(=O)[C@@H]1C[C@@H]1c1c(F)cccc1F)c1cncc(F)c1. The minimum atomic E-state index is -0.632. The fraction of sp³-hybridized carbons (Fsp3) is 0.294. The molecule has 0 spiro atoms. The second kappa shape index (κ2) is 6.02. The first-order valence-electron chi connectivity index (χ1n) is 7.32. The standard InChI is InChI=1S/C17H15F3N2O/c1-9(10-5-11(18)8-21-7-10)22-17(23)13-6-12(13)16-14(19)3-2-4-15(16)20/h2-5,7-9,12-13H,6H2,1H3,(H,22,23)/t9-,12-,13+/m0/s1. The quantitative estimate of drug-likeness (QED) is 0.937. The molecule has 0 radical (unpaired) electrons. The maximum Gasteiger partial charge on any atom is 0.224 e. The van der Waals surface area contributed by atoms with Gasteiger partial charge in [-0.1, -0.05) is 6.07 Å². The van der Waals surface area contributed by atoms with Crippen LogP contribution in [-0.4, -0.2) is 10.9 Å². The van der Waals surface area contributed by atoms with Gasteiger partial charge in [-0.25, -0.2) is 13.2 Å². The van der Waals surface area contributed by atoms with Crippen LogP contribution in [0.1, 0.15) is 36.4 Å². The lowest BCUT2D eigenvalue weighted by Crippen LogP contribution is -2.28. The van der Waals surface area contributed by atoms with Crippen LogP contribution in [0.4, 0.5) is 13.2 Å². The molecular weight excluding hydrogens is 305 g/mol. The lowest BCUT2D eigenvalue weighted by atomic mass is 10.1. The normalized spacial score (nSPS) is 20.9. The van der Waals surface area contributed by atoms with Crippen LogP contribution in [0.25, 0.3) is 0 Å². The van der Waals surface area contributed by atoms with E-state index in [1.165, 1.54) is 30.5 Å². The van der Waals surface area contributed by atoms with Gasteiger partial charge in [0.05, 0.1) is 12.2 Å². The zero-order valence-electron chi connectivity index (χ0n) is 12.4. The van der Waals surface area contributed by atoms with E-state index >= 15 is 0 Å². The zero-order chi connectivity index (χ0) is 16.6. The fourth-order valence-electron chi connectivity index (χ4n) is 2.74. The highest BCUT2D eigenvalue weighted by Gasteiger charge is 2.46. The van der Waals surface area contributed by atoms with Gasteiger partial charge in [0, 0.05) is 23.6 Å². The molecule has 1 N–H and O–H groups in total. The summed E-state index contributed by atoms with van der Waals surface area (Å²) in [5.74, 6) is -2.96. The first-order valence-corrected chi connectivity index (χ1v) is 7.32. The van der Waals surface area contributed by atoms with Crippen molar-refractivity contribution in [2.24, 2.45) is 5.92 Å². The molecule has 0 aliphatic heterocycles. The lowest BCUT2D eigenvalue weighted by molar-refractivity contribution is -0.123. The first-order chi connectivity index (χ1) is 11.0. The van der Waals surface area contributed by atoms with Crippen LogP contribution < -0.4 is 5.32 Å². The van der Waals surface area contributed by atoms with Crippen molar-refractivity contribution in [2.75, 3.05) is 0 Å². The molecule has 1 amide bonds. The molecule has 6 heteroatoms. The molecule has 0 bridgehead atoms. The summed E-state index contributed by atoms with van der Waals surface area (Å²) in [7, 11) is 0. The van der Waals surface area contributed by atoms with Crippen LogP contribution in [0.2, 0.25) is 0 Å². The number of aromatic nitrogens is 1. The molecule has 3 atom stereocenters. The Morgan fingerprint density at radius 2 is 1.96 bits per heavy atom. The number of carbonyl (C=O) groups is 1. The first kappa shape index (κ1) is 15.5. The van der Waals surface area contributed by atoms with E-state index < -0.39 is 35.3 Å². The average Bonchev–Trinajstić information content (AvgIpc) is 3.27. The molecule has 1 aromatic carbocycles. The van der Waals surface area contributed by atoms with Gasteiger partial charge >= 0.3 is 0 Å². The molecular formula is C17H15F3N2O. The number of amides is 1. The Labute approximate surface area is 131 Å². The molecule has 0 saturated heterocycles. The van der Waals surface area contributed by atoms with E-state index in [4.69, 9.17) is 0 Å². The molecule has 3 rings (SSSR count). The van der Waals surface area contributed by atoms with Gasteiger partial charge < -0.3 is 5.32 Å². The van der Waals surface area contributed by atoms with E-state index in [9.17, 15) is 18.0 Å². The van der Waals surface area contributed by atoms with Gasteiger partial charge in [0.25, 0.3) is 0 Å². The fourth-order valence-corrected chi connectivity index (χ4v) is 2.74. The van der Waals surface area contributed by atoms with Gasteiger partial charge in [-0.05, 0) is 37.1 Å². The lowest BCUT2D eigenvalue weighted by Gasteiger charge is -2.14. The summed E-state index contributed by atoms with van der Waals surface area (Å²) in [4.78, 5) is 15.9. The predicted octanol–water partition coefficient (Wildman–Crippen LogP) is 3.48. The molecule has 1 aliphatic carbocycles. The highest BCUT2D eigenvalue weighted by molar-refractivity contribution is 5.83. The average molecular weight is 320 g/mol. The van der Waals surface area contributed by atoms with Gasteiger partial charge in [0.1, 0.15) is 17.5 Å². The number of nitrogens with one attached hydrogen (secondary N) is 1. The van der Waals surface area contributed by atoms with E-state index in [0.717, 1.165) is 6.20 Å². The summed E-state index contributed by atoms with van der Waals surface area (Å²) in [5, 5.41) is 2.73. The number of hydrogen-bond donors (Lipinski definition) is 1. The molecule has 1 heterocycles. The number of hydrogen-bond acceptors (Lipinski definition) is 2. The van der Waals surface area contributed by atoms with Crippen molar-refractivity contribution in [2.45, 2.75) is 25.3 Å². The molecule has 1 aromatic heterocycles. The Morgan fingerprint density at radius 3 is 2.61 bits per heavy atom. The number of halogens is 3. The van der Waals surface area contributed by atoms with Crippen molar-refractivity contribution in [1.82, 2.24) is 10.3 Å². The Bertz CT molecular complexity index is 730. The molecule has 0 unspecified atom stereocenters. The van der Waals surface area contributed by atoms with Gasteiger partial charge in [-0.2, -0.15) is 0 Å². The van der Waals surface area contributed by atoms with Gasteiger partial charge in [-0.15, -0.1) is 0 Å². The minimum Gasteiger partial charge on any atom is -0.349 e. The minimum absolute atomic E-state index is 0.0345. The monoisotopic (exact) mass is 320 g/mol. The second-order valence-electron chi connectivity index (χ2n) is 5.75. The summed E-state index contributed by atoms with van der Waals surface area (Å²) in [6, 6.07) is 4.53. The number of benzene rings is 1. The number of nitrogens with zero attached hydrogens (tertiary/aromatic N) is 1. The van der Waals surface area contributed by atoms with Crippen molar-refractivity contribution in [3.05, 3.63) is 65.2 Å². The van der Waals surface area contributed by atoms with Gasteiger partial charge in [0.15, 0.2) is 0 Å². The smallest absolute Gasteiger partial charge is 0.224 e. The zero-order valence-corrected chi connectivity index (χ0v) is 12.4.